The molecule has 0 atom stereocenters. The van der Waals surface area contributed by atoms with Crippen molar-refractivity contribution < 1.29 is 4.79 Å². The van der Waals surface area contributed by atoms with Crippen LogP contribution in [0.1, 0.15) is 17.5 Å². The maximum atomic E-state index is 12.3. The van der Waals surface area contributed by atoms with E-state index in [4.69, 9.17) is 0 Å². The predicted molar refractivity (Wildman–Crippen MR) is 110 cm³/mol. The van der Waals surface area contributed by atoms with Crippen molar-refractivity contribution in [3.8, 4) is 11.3 Å². The Balaban J connectivity index is 1.55. The second-order valence-corrected chi connectivity index (χ2v) is 6.88. The monoisotopic (exact) mass is 362 g/mol. The lowest BCUT2D eigenvalue weighted by molar-refractivity contribution is -0.121. The molecule has 2 aromatic carbocycles. The zero-order valence-corrected chi connectivity index (χ0v) is 16.1. The molecule has 1 N–H and O–H groups in total. The number of rotatable bonds is 7. The number of carbonyl (C=O) groups is 1. The van der Waals surface area contributed by atoms with Crippen molar-refractivity contribution in [3.05, 3.63) is 71.9 Å². The van der Waals surface area contributed by atoms with Crippen LogP contribution < -0.4 is 10.2 Å². The SMILES string of the molecule is CN(C)c1ccc(CNC(=O)CCc2cn(C)nc2-c2ccccc2)cc1. The van der Waals surface area contributed by atoms with Crippen LogP contribution >= 0.6 is 0 Å². The third-order valence-corrected chi connectivity index (χ3v) is 4.52. The fourth-order valence-corrected chi connectivity index (χ4v) is 3.01. The normalized spacial score (nSPS) is 10.6. The predicted octanol–water partition coefficient (Wildman–Crippen LogP) is 3.40. The highest BCUT2D eigenvalue weighted by Crippen LogP contribution is 2.22. The molecule has 3 aromatic rings. The molecule has 0 aliphatic rings. The van der Waals surface area contributed by atoms with E-state index < -0.39 is 0 Å². The van der Waals surface area contributed by atoms with Crippen LogP contribution in [0.3, 0.4) is 0 Å². The molecular formula is C22H26N4O. The number of anilines is 1. The highest BCUT2D eigenvalue weighted by atomic mass is 16.1. The van der Waals surface area contributed by atoms with Gasteiger partial charge in [-0.15, -0.1) is 0 Å². The smallest absolute Gasteiger partial charge is 0.220 e. The van der Waals surface area contributed by atoms with E-state index in [-0.39, 0.29) is 5.91 Å². The number of aromatic nitrogens is 2. The number of nitrogens with one attached hydrogen (secondary N) is 1. The number of hydrogen-bond donors (Lipinski definition) is 1. The summed E-state index contributed by atoms with van der Waals surface area (Å²) in [5.74, 6) is 0.0505. The Bertz CT molecular complexity index is 882. The maximum absolute atomic E-state index is 12.3. The van der Waals surface area contributed by atoms with Crippen molar-refractivity contribution in [1.82, 2.24) is 15.1 Å². The average Bonchev–Trinajstić information content (AvgIpc) is 3.06. The van der Waals surface area contributed by atoms with E-state index in [2.05, 4.69) is 27.4 Å². The van der Waals surface area contributed by atoms with Crippen molar-refractivity contribution >= 4 is 11.6 Å². The number of aryl methyl sites for hydroxylation is 2. The van der Waals surface area contributed by atoms with Crippen LogP contribution in [0, 0.1) is 0 Å². The van der Waals surface area contributed by atoms with Gasteiger partial charge in [-0.25, -0.2) is 0 Å². The van der Waals surface area contributed by atoms with Crippen LogP contribution in [0.25, 0.3) is 11.3 Å². The third-order valence-electron chi connectivity index (χ3n) is 4.52. The van der Waals surface area contributed by atoms with Crippen molar-refractivity contribution in [2.45, 2.75) is 19.4 Å². The standard InChI is InChI=1S/C22H26N4O/c1-25(2)20-12-9-17(10-13-20)15-23-21(27)14-11-19-16-26(3)24-22(19)18-7-5-4-6-8-18/h4-10,12-13,16H,11,14-15H2,1-3H3,(H,23,27). The van der Waals surface area contributed by atoms with Gasteiger partial charge in [-0.05, 0) is 29.7 Å². The lowest BCUT2D eigenvalue weighted by Gasteiger charge is -2.13. The van der Waals surface area contributed by atoms with Crippen LogP contribution in [0.2, 0.25) is 0 Å². The molecule has 0 fully saturated rings. The Kier molecular flexibility index (Phi) is 5.91. The van der Waals surface area contributed by atoms with Crippen LogP contribution in [0.5, 0.6) is 0 Å². The molecule has 0 saturated heterocycles. The molecule has 0 aliphatic carbocycles. The molecule has 1 heterocycles. The fraction of sp³-hybridized carbons (Fsp3) is 0.273. The molecule has 5 heteroatoms. The minimum absolute atomic E-state index is 0.0505. The molecule has 0 radical (unpaired) electrons. The van der Waals surface area contributed by atoms with Gasteiger partial charge in [-0.2, -0.15) is 5.10 Å². The third kappa shape index (κ3) is 4.97. The first-order valence-corrected chi connectivity index (χ1v) is 9.14. The molecule has 0 aliphatic heterocycles. The van der Waals surface area contributed by atoms with Crippen LogP contribution in [-0.2, 0) is 24.8 Å². The Labute approximate surface area is 160 Å². The van der Waals surface area contributed by atoms with Gasteiger partial charge in [0.15, 0.2) is 0 Å². The van der Waals surface area contributed by atoms with E-state index in [0.29, 0.717) is 19.4 Å². The quantitative estimate of drug-likeness (QED) is 0.701. The molecule has 0 saturated carbocycles. The summed E-state index contributed by atoms with van der Waals surface area (Å²) in [5, 5.41) is 7.56. The number of amides is 1. The zero-order valence-electron chi connectivity index (χ0n) is 16.1. The van der Waals surface area contributed by atoms with E-state index in [0.717, 1.165) is 28.1 Å². The van der Waals surface area contributed by atoms with Crippen LogP contribution in [0.15, 0.2) is 60.8 Å². The lowest BCUT2D eigenvalue weighted by Crippen LogP contribution is -2.23. The van der Waals surface area contributed by atoms with Crippen LogP contribution in [0.4, 0.5) is 5.69 Å². The largest absolute Gasteiger partial charge is 0.378 e. The second kappa shape index (κ2) is 8.54. The summed E-state index contributed by atoms with van der Waals surface area (Å²) in [6.07, 6.45) is 3.11. The molecule has 3 rings (SSSR count). The highest BCUT2D eigenvalue weighted by molar-refractivity contribution is 5.76. The summed E-state index contributed by atoms with van der Waals surface area (Å²) in [4.78, 5) is 14.3. The van der Waals surface area contributed by atoms with Gasteiger partial charge >= 0.3 is 0 Å². The molecule has 5 nitrogen and oxygen atoms in total. The minimum atomic E-state index is 0.0505. The van der Waals surface area contributed by atoms with Gasteiger partial charge < -0.3 is 10.2 Å². The van der Waals surface area contributed by atoms with Crippen molar-refractivity contribution in [3.63, 3.8) is 0 Å². The summed E-state index contributed by atoms with van der Waals surface area (Å²) >= 11 is 0. The van der Waals surface area contributed by atoms with Crippen molar-refractivity contribution in [1.29, 1.82) is 0 Å². The van der Waals surface area contributed by atoms with Gasteiger partial charge in [0, 0.05) is 51.6 Å². The number of nitrogens with zero attached hydrogens (tertiary/aromatic N) is 3. The number of carbonyl (C=O) groups excluding carboxylic acids is 1. The maximum Gasteiger partial charge on any atom is 0.220 e. The summed E-state index contributed by atoms with van der Waals surface area (Å²) in [5.41, 5.74) is 5.37. The first kappa shape index (κ1) is 18.7. The van der Waals surface area contributed by atoms with Crippen molar-refractivity contribution in [2.75, 3.05) is 19.0 Å². The molecule has 1 aromatic heterocycles. The molecule has 27 heavy (non-hydrogen) atoms. The topological polar surface area (TPSA) is 50.2 Å². The van der Waals surface area contributed by atoms with Crippen molar-refractivity contribution in [2.24, 2.45) is 7.05 Å². The zero-order chi connectivity index (χ0) is 19.2. The Morgan fingerprint density at radius 1 is 1.07 bits per heavy atom. The first-order chi connectivity index (χ1) is 13.0. The Hall–Kier alpha value is -3.08. The van der Waals surface area contributed by atoms with E-state index in [9.17, 15) is 4.79 Å². The van der Waals surface area contributed by atoms with Gasteiger partial charge in [-0.3, -0.25) is 9.48 Å². The van der Waals surface area contributed by atoms with Crippen LogP contribution in [-0.4, -0.2) is 29.8 Å². The van der Waals surface area contributed by atoms with E-state index in [1.54, 1.807) is 0 Å². The van der Waals surface area contributed by atoms with Gasteiger partial charge in [0.25, 0.3) is 0 Å². The Morgan fingerprint density at radius 2 is 1.78 bits per heavy atom. The fourth-order valence-electron chi connectivity index (χ4n) is 3.01. The van der Waals surface area contributed by atoms with Gasteiger partial charge in [0.1, 0.15) is 0 Å². The molecule has 0 bridgehead atoms. The minimum Gasteiger partial charge on any atom is -0.378 e. The van der Waals surface area contributed by atoms with Gasteiger partial charge in [-0.1, -0.05) is 42.5 Å². The highest BCUT2D eigenvalue weighted by Gasteiger charge is 2.11. The second-order valence-electron chi connectivity index (χ2n) is 6.88. The summed E-state index contributed by atoms with van der Waals surface area (Å²) in [6.45, 7) is 0.547. The molecule has 140 valence electrons. The summed E-state index contributed by atoms with van der Waals surface area (Å²) in [7, 11) is 5.94. The molecule has 0 unspecified atom stereocenters. The molecule has 0 spiro atoms. The summed E-state index contributed by atoms with van der Waals surface area (Å²) < 4.78 is 1.81. The molecule has 1 amide bonds. The lowest BCUT2D eigenvalue weighted by atomic mass is 10.0. The molecular weight excluding hydrogens is 336 g/mol. The van der Waals surface area contributed by atoms with E-state index >= 15 is 0 Å². The Morgan fingerprint density at radius 3 is 2.44 bits per heavy atom. The number of benzene rings is 2. The van der Waals surface area contributed by atoms with Gasteiger partial charge in [0.2, 0.25) is 5.91 Å². The summed E-state index contributed by atoms with van der Waals surface area (Å²) in [6, 6.07) is 18.3. The first-order valence-electron chi connectivity index (χ1n) is 9.14. The number of hydrogen-bond acceptors (Lipinski definition) is 3. The van der Waals surface area contributed by atoms with E-state index in [1.165, 1.54) is 0 Å². The van der Waals surface area contributed by atoms with Gasteiger partial charge in [0.05, 0.1) is 5.69 Å². The average molecular weight is 362 g/mol. The van der Waals surface area contributed by atoms with E-state index in [1.807, 2.05) is 74.5 Å².